The van der Waals surface area contributed by atoms with Gasteiger partial charge in [0, 0.05) is 19.7 Å². The van der Waals surface area contributed by atoms with Crippen molar-refractivity contribution in [1.82, 2.24) is 14.7 Å². The number of likely N-dealkylation sites (N-methyl/N-ethyl adjacent to an activating group) is 1. The maximum atomic E-state index is 12.7. The Balaban J connectivity index is 0.00000231. The molecular formula is C20H22N5NaO4S. The Kier molecular flexibility index (Phi) is 5.93. The molecule has 2 aromatic rings. The van der Waals surface area contributed by atoms with Crippen LogP contribution in [0.1, 0.15) is 45.6 Å². The van der Waals surface area contributed by atoms with Crippen molar-refractivity contribution < 1.29 is 47.6 Å². The average molecular weight is 451 g/mol. The van der Waals surface area contributed by atoms with E-state index in [-0.39, 0.29) is 46.2 Å². The molecule has 1 aromatic carbocycles. The number of aromatic nitrogens is 2. The van der Waals surface area contributed by atoms with Gasteiger partial charge in [0.15, 0.2) is 11.1 Å². The number of nitrogens with zero attached hydrogens (tertiary/aromatic N) is 4. The van der Waals surface area contributed by atoms with Crippen LogP contribution in [-0.4, -0.2) is 48.6 Å². The first kappa shape index (κ1) is 22.3. The Morgan fingerprint density at radius 3 is 2.35 bits per heavy atom. The molecule has 5 rings (SSSR count). The molecule has 0 atom stereocenters. The molecule has 3 aliphatic rings. The van der Waals surface area contributed by atoms with Crippen LogP contribution in [0.5, 0.6) is 0 Å². The van der Waals surface area contributed by atoms with Crippen LogP contribution < -0.4 is 34.9 Å². The Morgan fingerprint density at radius 1 is 1.06 bits per heavy atom. The number of hydrogen-bond acceptors (Lipinski definition) is 5. The van der Waals surface area contributed by atoms with Gasteiger partial charge in [-0.3, -0.25) is 14.3 Å². The Labute approximate surface area is 202 Å². The zero-order valence-corrected chi connectivity index (χ0v) is 20.5. The predicted molar refractivity (Wildman–Crippen MR) is 109 cm³/mol. The van der Waals surface area contributed by atoms with Crippen LogP contribution in [0, 0.1) is 0 Å². The molecule has 0 saturated heterocycles. The van der Waals surface area contributed by atoms with Gasteiger partial charge in [-0.05, 0) is 66.5 Å². The summed E-state index contributed by atoms with van der Waals surface area (Å²) in [5.41, 5.74) is 5.58. The molecule has 0 saturated carbocycles. The van der Waals surface area contributed by atoms with E-state index in [0.717, 1.165) is 55.3 Å². The third kappa shape index (κ3) is 3.90. The van der Waals surface area contributed by atoms with Crippen molar-refractivity contribution in [2.75, 3.05) is 18.9 Å². The van der Waals surface area contributed by atoms with E-state index in [1.54, 1.807) is 7.05 Å². The third-order valence-electron chi connectivity index (χ3n) is 6.14. The fraction of sp³-hybridized carbons (Fsp3) is 0.450. The first-order valence-corrected chi connectivity index (χ1v) is 11.6. The SMILES string of the molecule is CN1CCn2nc(S(=O)(=O)[N-]C(=O)Nc3c4c(cc5c3CCC5)CCC4)cc2C1=O.[Na+]. The summed E-state index contributed by atoms with van der Waals surface area (Å²) in [4.78, 5) is 26.3. The van der Waals surface area contributed by atoms with E-state index in [1.807, 2.05) is 0 Å². The number of nitrogens with one attached hydrogen (secondary N) is 1. The zero-order valence-electron chi connectivity index (χ0n) is 17.6. The van der Waals surface area contributed by atoms with Crippen LogP contribution in [0.3, 0.4) is 0 Å². The van der Waals surface area contributed by atoms with Gasteiger partial charge in [0.1, 0.15) is 5.69 Å². The molecule has 0 fully saturated rings. The standard InChI is InChI=1S/C20H23N5O4S.Na/c1-24-8-9-25-16(19(24)26)11-17(22-25)30(28,29)23-20(27)21-18-14-6-2-4-12(14)10-13-5-3-7-15(13)18;/h10-11H,2-9H2,1H3,(H2,21,23,27);/q;+1/p-1. The summed E-state index contributed by atoms with van der Waals surface area (Å²) >= 11 is 0. The molecule has 2 aliphatic carbocycles. The summed E-state index contributed by atoms with van der Waals surface area (Å²) in [7, 11) is -2.69. The van der Waals surface area contributed by atoms with Crippen LogP contribution in [-0.2, 0) is 42.3 Å². The van der Waals surface area contributed by atoms with Gasteiger partial charge in [0.05, 0.1) is 6.54 Å². The molecule has 1 aliphatic heterocycles. The van der Waals surface area contributed by atoms with E-state index in [1.165, 1.54) is 26.8 Å². The van der Waals surface area contributed by atoms with Crippen molar-refractivity contribution in [3.05, 3.63) is 44.8 Å². The van der Waals surface area contributed by atoms with Crippen LogP contribution in [0.4, 0.5) is 10.5 Å². The predicted octanol–water partition coefficient (Wildman–Crippen LogP) is -0.755. The normalized spacial score (nSPS) is 16.9. The maximum absolute atomic E-state index is 12.7. The fourth-order valence-electron chi connectivity index (χ4n) is 4.66. The van der Waals surface area contributed by atoms with E-state index in [9.17, 15) is 18.0 Å². The van der Waals surface area contributed by atoms with E-state index in [4.69, 9.17) is 0 Å². The topological polar surface area (TPSA) is 115 Å². The van der Waals surface area contributed by atoms with Gasteiger partial charge in [0.25, 0.3) is 5.91 Å². The number of benzene rings is 1. The monoisotopic (exact) mass is 451 g/mol. The van der Waals surface area contributed by atoms with Gasteiger partial charge < -0.3 is 14.9 Å². The molecule has 31 heavy (non-hydrogen) atoms. The average Bonchev–Trinajstić information content (AvgIpc) is 3.42. The molecule has 0 bridgehead atoms. The number of amides is 3. The van der Waals surface area contributed by atoms with Crippen LogP contribution in [0.15, 0.2) is 17.2 Å². The molecule has 2 heterocycles. The van der Waals surface area contributed by atoms with Crippen molar-refractivity contribution in [2.24, 2.45) is 0 Å². The number of anilines is 1. The summed E-state index contributed by atoms with van der Waals surface area (Å²) in [6.45, 7) is 0.830. The molecule has 0 spiro atoms. The number of urea groups is 1. The van der Waals surface area contributed by atoms with E-state index >= 15 is 0 Å². The Hall–Kier alpha value is -1.88. The second-order valence-corrected chi connectivity index (χ2v) is 9.60. The van der Waals surface area contributed by atoms with Gasteiger partial charge in [-0.1, -0.05) is 6.07 Å². The fourth-order valence-corrected chi connectivity index (χ4v) is 5.48. The second kappa shape index (κ2) is 8.23. The number of fused-ring (bicyclic) bond motifs is 3. The minimum atomic E-state index is -4.33. The molecule has 158 valence electrons. The van der Waals surface area contributed by atoms with Crippen molar-refractivity contribution in [1.29, 1.82) is 0 Å². The summed E-state index contributed by atoms with van der Waals surface area (Å²) in [6, 6.07) is 2.48. The van der Waals surface area contributed by atoms with Crippen molar-refractivity contribution in [2.45, 2.75) is 50.1 Å². The van der Waals surface area contributed by atoms with Crippen molar-refractivity contribution in [3.63, 3.8) is 0 Å². The van der Waals surface area contributed by atoms with E-state index < -0.39 is 16.1 Å². The molecule has 0 unspecified atom stereocenters. The molecule has 1 aromatic heterocycles. The van der Waals surface area contributed by atoms with Crippen molar-refractivity contribution in [3.8, 4) is 0 Å². The van der Waals surface area contributed by atoms with E-state index in [0.29, 0.717) is 13.1 Å². The van der Waals surface area contributed by atoms with Gasteiger partial charge in [0.2, 0.25) is 10.0 Å². The quantitative estimate of drug-likeness (QED) is 0.617. The number of hydrogen-bond donors (Lipinski definition) is 1. The van der Waals surface area contributed by atoms with Gasteiger partial charge in [-0.25, -0.2) is 8.42 Å². The Morgan fingerprint density at radius 2 is 1.71 bits per heavy atom. The number of aryl methyl sites for hydroxylation is 2. The molecule has 11 heteroatoms. The van der Waals surface area contributed by atoms with Gasteiger partial charge in [-0.15, -0.1) is 0 Å². The third-order valence-corrected chi connectivity index (χ3v) is 7.28. The molecular weight excluding hydrogens is 429 g/mol. The molecule has 9 nitrogen and oxygen atoms in total. The minimum Gasteiger partial charge on any atom is -0.423 e. The van der Waals surface area contributed by atoms with Gasteiger partial charge in [-0.2, -0.15) is 5.10 Å². The molecule has 1 N–H and O–H groups in total. The van der Waals surface area contributed by atoms with Crippen molar-refractivity contribution >= 4 is 27.6 Å². The number of rotatable bonds is 3. The smallest absolute Gasteiger partial charge is 0.423 e. The summed E-state index contributed by atoms with van der Waals surface area (Å²) in [5, 5.41) is 6.35. The van der Waals surface area contributed by atoms with Gasteiger partial charge >= 0.3 is 29.6 Å². The number of sulfonamides is 1. The molecule has 0 radical (unpaired) electrons. The number of carbonyl (C=O) groups excluding carboxylic acids is 2. The van der Waals surface area contributed by atoms with Crippen LogP contribution >= 0.6 is 0 Å². The number of carbonyl (C=O) groups is 2. The van der Waals surface area contributed by atoms with Crippen LogP contribution in [0.2, 0.25) is 0 Å². The Bertz CT molecular complexity index is 1160. The largest absolute Gasteiger partial charge is 1.00 e. The summed E-state index contributed by atoms with van der Waals surface area (Å²) in [6.07, 6.45) is 5.74. The second-order valence-electron chi connectivity index (χ2n) is 8.05. The first-order valence-electron chi connectivity index (χ1n) is 10.1. The van der Waals surface area contributed by atoms with Crippen LogP contribution in [0.25, 0.3) is 4.72 Å². The van der Waals surface area contributed by atoms with E-state index in [2.05, 4.69) is 21.2 Å². The zero-order chi connectivity index (χ0) is 21.0. The maximum Gasteiger partial charge on any atom is 1.00 e. The minimum absolute atomic E-state index is 0. The summed E-state index contributed by atoms with van der Waals surface area (Å²) in [5.74, 6) is -0.310. The summed E-state index contributed by atoms with van der Waals surface area (Å²) < 4.78 is 30.1. The first-order chi connectivity index (χ1) is 14.3. The molecule has 3 amide bonds.